The summed E-state index contributed by atoms with van der Waals surface area (Å²) in [7, 11) is 1.19. The highest BCUT2D eigenvalue weighted by atomic mass is 31.2. The Kier molecular flexibility index (Phi) is 55.5. The van der Waals surface area contributed by atoms with Gasteiger partial charge in [0.2, 0.25) is 0 Å². The number of likely N-dealkylation sites (N-methyl/N-ethyl adjacent to an activating group) is 1. The summed E-state index contributed by atoms with van der Waals surface area (Å²) >= 11 is 0. The van der Waals surface area contributed by atoms with Gasteiger partial charge < -0.3 is 27.9 Å². The molecule has 0 aliphatic heterocycles. The van der Waals surface area contributed by atoms with Crippen molar-refractivity contribution >= 4 is 19.8 Å². The number of ether oxygens (including phenoxy) is 2. The van der Waals surface area contributed by atoms with Crippen LogP contribution in [-0.4, -0.2) is 70.0 Å². The number of carbonyl (C=O) groups is 2. The molecule has 0 rings (SSSR count). The van der Waals surface area contributed by atoms with E-state index in [1.165, 1.54) is 270 Å². The zero-order valence-electron chi connectivity index (χ0n) is 50.1. The van der Waals surface area contributed by atoms with Crippen molar-refractivity contribution in [3.05, 3.63) is 12.2 Å². The number of esters is 2. The average Bonchev–Trinajstić information content (AvgIpc) is 3.36. The predicted molar refractivity (Wildman–Crippen MR) is 315 cm³/mol. The van der Waals surface area contributed by atoms with Gasteiger partial charge in [-0.15, -0.1) is 0 Å². The van der Waals surface area contributed by atoms with Crippen molar-refractivity contribution in [2.45, 2.75) is 341 Å². The summed E-state index contributed by atoms with van der Waals surface area (Å²) < 4.78 is 34.3. The van der Waals surface area contributed by atoms with Gasteiger partial charge in [-0.1, -0.05) is 296 Å². The summed E-state index contributed by atoms with van der Waals surface area (Å²) in [6.07, 6.45) is 67.1. The predicted octanol–water partition coefficient (Wildman–Crippen LogP) is 19.8. The average molecular weight is 1070 g/mol. The third-order valence-corrected chi connectivity index (χ3v) is 15.7. The minimum Gasteiger partial charge on any atom is -0.756 e. The SMILES string of the molecule is CCCCCCCCCC/C=C\CCCCCCCCCCCCCCCCCCCCCC(=O)OC(COC(=O)CCCCCCCCCCCCCCCCCCCCC)COP(=O)([O-])OCC[N+](C)(C)C. The number of hydrogen-bond donors (Lipinski definition) is 0. The van der Waals surface area contributed by atoms with E-state index in [-0.39, 0.29) is 32.0 Å². The molecule has 0 radical (unpaired) electrons. The Balaban J connectivity index is 4.00. The minimum absolute atomic E-state index is 0.0260. The lowest BCUT2D eigenvalue weighted by Gasteiger charge is -2.28. The van der Waals surface area contributed by atoms with Crippen LogP contribution in [0, 0.1) is 0 Å². The standard InChI is InChI=1S/C64H126NO8P/c1-6-8-10-12-14-16-18-20-22-24-26-27-28-29-30-31-32-33-34-35-36-37-39-41-43-45-47-49-51-53-55-57-64(67)73-62(61-72-74(68,69)71-59-58-65(3,4)5)60-70-63(66)56-54-52-50-48-46-44-42-40-38-25-23-21-19-17-15-13-11-9-7-2/h24,26,62H,6-23,25,27-61H2,1-5H3/b26-24-. The van der Waals surface area contributed by atoms with Gasteiger partial charge in [0.15, 0.2) is 6.10 Å². The second kappa shape index (κ2) is 56.5. The van der Waals surface area contributed by atoms with Crippen LogP contribution >= 0.6 is 7.82 Å². The third-order valence-electron chi connectivity index (χ3n) is 14.8. The molecule has 440 valence electrons. The van der Waals surface area contributed by atoms with Crippen LogP contribution in [0.15, 0.2) is 12.2 Å². The molecule has 0 amide bonds. The molecule has 0 heterocycles. The Hall–Kier alpha value is -1.25. The van der Waals surface area contributed by atoms with Crippen molar-refractivity contribution in [1.29, 1.82) is 0 Å². The summed E-state index contributed by atoms with van der Waals surface area (Å²) in [5, 5.41) is 0. The van der Waals surface area contributed by atoms with Gasteiger partial charge in [-0.2, -0.15) is 0 Å². The van der Waals surface area contributed by atoms with Crippen LogP contribution < -0.4 is 4.89 Å². The molecular weight excluding hydrogens is 942 g/mol. The highest BCUT2D eigenvalue weighted by Crippen LogP contribution is 2.38. The van der Waals surface area contributed by atoms with Crippen molar-refractivity contribution in [3.63, 3.8) is 0 Å². The Morgan fingerprint density at radius 2 is 0.689 bits per heavy atom. The monoisotopic (exact) mass is 1070 g/mol. The zero-order chi connectivity index (χ0) is 54.2. The molecule has 10 heteroatoms. The van der Waals surface area contributed by atoms with Gasteiger partial charge in [0, 0.05) is 12.8 Å². The summed E-state index contributed by atoms with van der Waals surface area (Å²) in [5.74, 6) is -0.809. The number of rotatable bonds is 61. The molecule has 0 fully saturated rings. The van der Waals surface area contributed by atoms with Gasteiger partial charge in [-0.3, -0.25) is 14.2 Å². The molecule has 0 aliphatic rings. The lowest BCUT2D eigenvalue weighted by molar-refractivity contribution is -0.870. The van der Waals surface area contributed by atoms with Crippen LogP contribution in [-0.2, 0) is 32.7 Å². The van der Waals surface area contributed by atoms with E-state index in [0.717, 1.165) is 32.1 Å². The molecule has 0 N–H and O–H groups in total. The van der Waals surface area contributed by atoms with Crippen LogP contribution in [0.5, 0.6) is 0 Å². The van der Waals surface area contributed by atoms with E-state index < -0.39 is 26.5 Å². The first-order valence-electron chi connectivity index (χ1n) is 32.4. The topological polar surface area (TPSA) is 111 Å². The molecule has 0 aliphatic carbocycles. The van der Waals surface area contributed by atoms with Crippen molar-refractivity contribution in [1.82, 2.24) is 0 Å². The Morgan fingerprint density at radius 3 is 1.00 bits per heavy atom. The number of phosphoric ester groups is 1. The summed E-state index contributed by atoms with van der Waals surface area (Å²) in [4.78, 5) is 37.9. The van der Waals surface area contributed by atoms with E-state index >= 15 is 0 Å². The third kappa shape index (κ3) is 60.0. The largest absolute Gasteiger partial charge is 0.756 e. The molecule has 74 heavy (non-hydrogen) atoms. The number of phosphoric acid groups is 1. The minimum atomic E-state index is -4.63. The van der Waals surface area contributed by atoms with Crippen LogP contribution in [0.3, 0.4) is 0 Å². The Morgan fingerprint density at radius 1 is 0.405 bits per heavy atom. The quantitative estimate of drug-likeness (QED) is 0.0195. The number of unbranched alkanes of at least 4 members (excludes halogenated alkanes) is 45. The molecule has 0 aromatic carbocycles. The van der Waals surface area contributed by atoms with E-state index in [9.17, 15) is 19.0 Å². The van der Waals surface area contributed by atoms with Crippen LogP contribution in [0.1, 0.15) is 335 Å². The Labute approximate surface area is 460 Å². The first-order chi connectivity index (χ1) is 36.0. The summed E-state index contributed by atoms with van der Waals surface area (Å²) in [5.41, 5.74) is 0. The lowest BCUT2D eigenvalue weighted by Crippen LogP contribution is -2.37. The van der Waals surface area contributed by atoms with Crippen molar-refractivity contribution in [2.24, 2.45) is 0 Å². The van der Waals surface area contributed by atoms with E-state index in [0.29, 0.717) is 17.4 Å². The van der Waals surface area contributed by atoms with Gasteiger partial charge in [0.25, 0.3) is 7.82 Å². The van der Waals surface area contributed by atoms with E-state index in [1.54, 1.807) is 0 Å². The van der Waals surface area contributed by atoms with Crippen molar-refractivity contribution in [3.8, 4) is 0 Å². The van der Waals surface area contributed by atoms with Gasteiger partial charge in [0.1, 0.15) is 19.8 Å². The van der Waals surface area contributed by atoms with Crippen molar-refractivity contribution in [2.75, 3.05) is 47.5 Å². The normalized spacial score (nSPS) is 13.2. The number of hydrogen-bond acceptors (Lipinski definition) is 8. The second-order valence-corrected chi connectivity index (χ2v) is 24.9. The van der Waals surface area contributed by atoms with Gasteiger partial charge in [0.05, 0.1) is 27.7 Å². The molecule has 0 saturated carbocycles. The summed E-state index contributed by atoms with van der Waals surface area (Å²) in [6.45, 7) is 4.31. The smallest absolute Gasteiger partial charge is 0.306 e. The molecule has 0 spiro atoms. The summed E-state index contributed by atoms with van der Waals surface area (Å²) in [6, 6.07) is 0. The first kappa shape index (κ1) is 72.8. The molecule has 0 bridgehead atoms. The number of carbonyl (C=O) groups excluding carboxylic acids is 2. The zero-order valence-corrected chi connectivity index (χ0v) is 51.0. The molecule has 9 nitrogen and oxygen atoms in total. The molecule has 2 atom stereocenters. The highest BCUT2D eigenvalue weighted by molar-refractivity contribution is 7.45. The second-order valence-electron chi connectivity index (χ2n) is 23.5. The number of nitrogens with zero attached hydrogens (tertiary/aromatic N) is 1. The Bertz CT molecular complexity index is 1260. The number of allylic oxidation sites excluding steroid dienone is 2. The fraction of sp³-hybridized carbons (Fsp3) is 0.938. The van der Waals surface area contributed by atoms with Crippen LogP contribution in [0.25, 0.3) is 0 Å². The van der Waals surface area contributed by atoms with Gasteiger partial charge >= 0.3 is 11.9 Å². The highest BCUT2D eigenvalue weighted by Gasteiger charge is 2.22. The van der Waals surface area contributed by atoms with Gasteiger partial charge in [-0.05, 0) is 38.5 Å². The van der Waals surface area contributed by atoms with E-state index in [4.69, 9.17) is 18.5 Å². The maximum Gasteiger partial charge on any atom is 0.306 e. The van der Waals surface area contributed by atoms with E-state index in [1.807, 2.05) is 21.1 Å². The fourth-order valence-electron chi connectivity index (χ4n) is 9.77. The van der Waals surface area contributed by atoms with Crippen LogP contribution in [0.2, 0.25) is 0 Å². The fourth-order valence-corrected chi connectivity index (χ4v) is 10.5. The van der Waals surface area contributed by atoms with Gasteiger partial charge in [-0.25, -0.2) is 0 Å². The molecule has 0 aromatic heterocycles. The lowest BCUT2D eigenvalue weighted by atomic mass is 10.0. The maximum absolute atomic E-state index is 12.8. The molecular formula is C64H126NO8P. The van der Waals surface area contributed by atoms with Crippen molar-refractivity contribution < 1.29 is 42.1 Å². The van der Waals surface area contributed by atoms with E-state index in [2.05, 4.69) is 26.0 Å². The van der Waals surface area contributed by atoms with Crippen LogP contribution in [0.4, 0.5) is 0 Å². The number of quaternary nitrogens is 1. The maximum atomic E-state index is 12.8. The molecule has 0 aromatic rings. The molecule has 0 saturated heterocycles. The first-order valence-corrected chi connectivity index (χ1v) is 33.9. The molecule has 2 unspecified atom stereocenters.